The summed E-state index contributed by atoms with van der Waals surface area (Å²) >= 11 is 0. The molecule has 21 heavy (non-hydrogen) atoms. The van der Waals surface area contributed by atoms with Gasteiger partial charge in [0.2, 0.25) is 5.91 Å². The van der Waals surface area contributed by atoms with Crippen LogP contribution in [0.3, 0.4) is 0 Å². The molecule has 5 nitrogen and oxygen atoms in total. The predicted octanol–water partition coefficient (Wildman–Crippen LogP) is 2.09. The van der Waals surface area contributed by atoms with Crippen molar-refractivity contribution in [1.82, 2.24) is 5.32 Å². The van der Waals surface area contributed by atoms with E-state index < -0.39 is 11.5 Å². The topological polar surface area (TPSA) is 64.6 Å². The second-order valence-electron chi connectivity index (χ2n) is 5.11. The van der Waals surface area contributed by atoms with Gasteiger partial charge in [-0.25, -0.2) is 4.79 Å². The summed E-state index contributed by atoms with van der Waals surface area (Å²) in [6.07, 6.45) is 1.44. The molecule has 0 bridgehead atoms. The van der Waals surface area contributed by atoms with Gasteiger partial charge in [-0.05, 0) is 19.4 Å². The summed E-state index contributed by atoms with van der Waals surface area (Å²) in [5.41, 5.74) is -0.219. The van der Waals surface area contributed by atoms with E-state index in [1.165, 1.54) is 7.11 Å². The van der Waals surface area contributed by atoms with Crippen LogP contribution in [0.1, 0.15) is 32.3 Å². The first-order valence-corrected chi connectivity index (χ1v) is 6.98. The van der Waals surface area contributed by atoms with Gasteiger partial charge in [-0.2, -0.15) is 0 Å². The maximum absolute atomic E-state index is 12.2. The van der Waals surface area contributed by atoms with Crippen molar-refractivity contribution in [3.8, 4) is 5.75 Å². The van der Waals surface area contributed by atoms with E-state index in [9.17, 15) is 9.59 Å². The number of amides is 1. The zero-order valence-corrected chi connectivity index (χ0v) is 13.1. The number of carbonyl (C=O) groups excluding carboxylic acids is 2. The fraction of sp³-hybridized carbons (Fsp3) is 0.500. The maximum atomic E-state index is 12.2. The number of hydrogen-bond donors (Lipinski definition) is 1. The lowest BCUT2D eigenvalue weighted by Gasteiger charge is -2.27. The first kappa shape index (κ1) is 17.0. The van der Waals surface area contributed by atoms with Crippen LogP contribution >= 0.6 is 0 Å². The van der Waals surface area contributed by atoms with E-state index in [4.69, 9.17) is 9.47 Å². The van der Waals surface area contributed by atoms with Gasteiger partial charge in [0.05, 0.1) is 20.6 Å². The van der Waals surface area contributed by atoms with Crippen molar-refractivity contribution in [2.24, 2.45) is 0 Å². The number of esters is 1. The molecular formula is C16H23NO4. The van der Waals surface area contributed by atoms with Gasteiger partial charge in [-0.1, -0.05) is 31.5 Å². The Morgan fingerprint density at radius 1 is 1.24 bits per heavy atom. The molecule has 0 saturated carbocycles. The van der Waals surface area contributed by atoms with E-state index in [0.29, 0.717) is 12.2 Å². The Bertz CT molecular complexity index is 501. The first-order chi connectivity index (χ1) is 9.96. The smallest absolute Gasteiger partial charge is 0.331 e. The number of carbonyl (C=O) groups is 2. The van der Waals surface area contributed by atoms with Crippen molar-refractivity contribution in [1.29, 1.82) is 0 Å². The van der Waals surface area contributed by atoms with Crippen LogP contribution in [0.2, 0.25) is 0 Å². The molecule has 0 heterocycles. The Balaban J connectivity index is 2.81. The van der Waals surface area contributed by atoms with E-state index in [1.807, 2.05) is 25.1 Å². The normalized spacial score (nSPS) is 13.1. The summed E-state index contributed by atoms with van der Waals surface area (Å²) in [7, 11) is 2.88. The molecule has 0 unspecified atom stereocenters. The molecule has 1 rings (SSSR count). The summed E-state index contributed by atoms with van der Waals surface area (Å²) in [5, 5.41) is 2.78. The van der Waals surface area contributed by atoms with Gasteiger partial charge in [0.25, 0.3) is 0 Å². The molecule has 1 atom stereocenters. The van der Waals surface area contributed by atoms with Gasteiger partial charge in [0.1, 0.15) is 11.3 Å². The summed E-state index contributed by atoms with van der Waals surface area (Å²) in [4.78, 5) is 24.1. The minimum atomic E-state index is -0.997. The van der Waals surface area contributed by atoms with E-state index in [1.54, 1.807) is 20.1 Å². The number of nitrogens with one attached hydrogen (secondary N) is 1. The Morgan fingerprint density at radius 2 is 1.90 bits per heavy atom. The molecular weight excluding hydrogens is 270 g/mol. The Hall–Kier alpha value is -2.04. The Morgan fingerprint density at radius 3 is 2.48 bits per heavy atom. The first-order valence-electron chi connectivity index (χ1n) is 6.98. The van der Waals surface area contributed by atoms with E-state index in [0.717, 1.165) is 12.0 Å². The molecule has 5 heteroatoms. The molecule has 0 aliphatic carbocycles. The second kappa shape index (κ2) is 7.67. The van der Waals surface area contributed by atoms with Gasteiger partial charge in [0, 0.05) is 5.56 Å². The number of methoxy groups -OCH3 is 2. The molecule has 0 aliphatic rings. The Labute approximate surface area is 125 Å². The maximum Gasteiger partial charge on any atom is 0.331 e. The SMILES string of the molecule is CCC[C@@](C)(NC(=O)Cc1ccccc1OC)C(=O)OC. The van der Waals surface area contributed by atoms with Crippen LogP contribution in [0.15, 0.2) is 24.3 Å². The molecule has 0 saturated heterocycles. The van der Waals surface area contributed by atoms with Crippen molar-refractivity contribution < 1.29 is 19.1 Å². The monoisotopic (exact) mass is 293 g/mol. The zero-order valence-electron chi connectivity index (χ0n) is 13.1. The number of benzene rings is 1. The highest BCUT2D eigenvalue weighted by Crippen LogP contribution is 2.19. The lowest BCUT2D eigenvalue weighted by atomic mass is 9.95. The van der Waals surface area contributed by atoms with Crippen LogP contribution in [0.25, 0.3) is 0 Å². The minimum absolute atomic E-state index is 0.153. The Kier molecular flexibility index (Phi) is 6.21. The fourth-order valence-electron chi connectivity index (χ4n) is 2.31. The molecule has 0 radical (unpaired) electrons. The molecule has 1 aromatic carbocycles. The molecule has 0 aliphatic heterocycles. The van der Waals surface area contributed by atoms with Crippen molar-refractivity contribution in [3.63, 3.8) is 0 Å². The van der Waals surface area contributed by atoms with Crippen LogP contribution in [-0.4, -0.2) is 31.6 Å². The third-order valence-corrected chi connectivity index (χ3v) is 3.34. The number of rotatable bonds is 7. The van der Waals surface area contributed by atoms with Gasteiger partial charge < -0.3 is 14.8 Å². The van der Waals surface area contributed by atoms with Crippen molar-refractivity contribution in [2.45, 2.75) is 38.6 Å². The van der Waals surface area contributed by atoms with E-state index in [2.05, 4.69) is 5.32 Å². The summed E-state index contributed by atoms with van der Waals surface area (Å²) in [6.45, 7) is 3.63. The molecule has 0 fully saturated rings. The molecule has 0 spiro atoms. The highest BCUT2D eigenvalue weighted by Gasteiger charge is 2.35. The molecule has 116 valence electrons. The lowest BCUT2D eigenvalue weighted by molar-refractivity contribution is -0.150. The van der Waals surface area contributed by atoms with Crippen molar-refractivity contribution in [3.05, 3.63) is 29.8 Å². The van der Waals surface area contributed by atoms with Crippen LogP contribution in [0, 0.1) is 0 Å². The molecule has 1 amide bonds. The third-order valence-electron chi connectivity index (χ3n) is 3.34. The van der Waals surface area contributed by atoms with Crippen LogP contribution in [-0.2, 0) is 20.7 Å². The number of para-hydroxylation sites is 1. The molecule has 1 N–H and O–H groups in total. The van der Waals surface area contributed by atoms with E-state index in [-0.39, 0.29) is 12.3 Å². The van der Waals surface area contributed by atoms with Gasteiger partial charge in [-0.15, -0.1) is 0 Å². The van der Waals surface area contributed by atoms with Gasteiger partial charge in [-0.3, -0.25) is 4.79 Å². The van der Waals surface area contributed by atoms with Crippen LogP contribution in [0.5, 0.6) is 5.75 Å². The van der Waals surface area contributed by atoms with E-state index >= 15 is 0 Å². The predicted molar refractivity (Wildman–Crippen MR) is 80.2 cm³/mol. The lowest BCUT2D eigenvalue weighted by Crippen LogP contribution is -2.53. The standard InChI is InChI=1S/C16H23NO4/c1-5-10-16(2,15(19)21-4)17-14(18)11-12-8-6-7-9-13(12)20-3/h6-9H,5,10-11H2,1-4H3,(H,17,18)/t16-/m1/s1. The highest BCUT2D eigenvalue weighted by molar-refractivity contribution is 5.88. The third kappa shape index (κ3) is 4.48. The summed E-state index contributed by atoms with van der Waals surface area (Å²) < 4.78 is 10.0. The van der Waals surface area contributed by atoms with Crippen molar-refractivity contribution >= 4 is 11.9 Å². The molecule has 0 aromatic heterocycles. The highest BCUT2D eigenvalue weighted by atomic mass is 16.5. The number of hydrogen-bond acceptors (Lipinski definition) is 4. The van der Waals surface area contributed by atoms with Crippen LogP contribution in [0.4, 0.5) is 0 Å². The largest absolute Gasteiger partial charge is 0.496 e. The quantitative estimate of drug-likeness (QED) is 0.782. The summed E-state index contributed by atoms with van der Waals surface area (Å²) in [5.74, 6) is -0.0125. The summed E-state index contributed by atoms with van der Waals surface area (Å²) in [6, 6.07) is 7.31. The average molecular weight is 293 g/mol. The zero-order chi connectivity index (χ0) is 15.9. The number of ether oxygens (including phenoxy) is 2. The average Bonchev–Trinajstić information content (AvgIpc) is 2.46. The van der Waals surface area contributed by atoms with Crippen molar-refractivity contribution in [2.75, 3.05) is 14.2 Å². The van der Waals surface area contributed by atoms with Gasteiger partial charge in [0.15, 0.2) is 0 Å². The molecule has 1 aromatic rings. The minimum Gasteiger partial charge on any atom is -0.496 e. The second-order valence-corrected chi connectivity index (χ2v) is 5.11. The van der Waals surface area contributed by atoms with Gasteiger partial charge >= 0.3 is 5.97 Å². The van der Waals surface area contributed by atoms with Crippen LogP contribution < -0.4 is 10.1 Å². The fourth-order valence-corrected chi connectivity index (χ4v) is 2.31.